The van der Waals surface area contributed by atoms with E-state index in [9.17, 15) is 0 Å². The van der Waals surface area contributed by atoms with E-state index in [4.69, 9.17) is 9.78 Å². The van der Waals surface area contributed by atoms with Crippen LogP contribution in [0.2, 0.25) is 0 Å². The van der Waals surface area contributed by atoms with Gasteiger partial charge in [-0.25, -0.2) is 0 Å². The fraction of sp³-hybridized carbons (Fsp3) is 0.500. The van der Waals surface area contributed by atoms with Crippen LogP contribution in [0.15, 0.2) is 35.0 Å². The maximum absolute atomic E-state index is 5.34. The summed E-state index contributed by atoms with van der Waals surface area (Å²) in [6.07, 6.45) is 4.75. The molecule has 0 aliphatic carbocycles. The molecule has 2 aromatic rings. The Kier molecular flexibility index (Phi) is 5.55. The molecule has 134 valence electrons. The van der Waals surface area contributed by atoms with Gasteiger partial charge in [-0.2, -0.15) is 16.2 Å². The molecule has 0 spiro atoms. The smallest absolute Gasteiger partial charge is 0.170 e. The summed E-state index contributed by atoms with van der Waals surface area (Å²) >= 11 is 1.80. The van der Waals surface area contributed by atoms with Crippen molar-refractivity contribution in [3.63, 3.8) is 0 Å². The monoisotopic (exact) mass is 358 g/mol. The fourth-order valence-electron chi connectivity index (χ4n) is 3.74. The molecule has 1 aromatic carbocycles. The zero-order valence-corrected chi connectivity index (χ0v) is 15.5. The van der Waals surface area contributed by atoms with Gasteiger partial charge in [0.1, 0.15) is 0 Å². The zero-order valence-electron chi connectivity index (χ0n) is 14.7. The van der Waals surface area contributed by atoms with E-state index < -0.39 is 0 Å². The molecule has 1 saturated heterocycles. The van der Waals surface area contributed by atoms with E-state index in [0.29, 0.717) is 6.61 Å². The number of anilines is 1. The Morgan fingerprint density at radius 2 is 1.96 bits per heavy atom. The van der Waals surface area contributed by atoms with Gasteiger partial charge in [0.15, 0.2) is 5.75 Å². The van der Waals surface area contributed by atoms with Gasteiger partial charge in [0.25, 0.3) is 0 Å². The summed E-state index contributed by atoms with van der Waals surface area (Å²) < 4.78 is 0. The first-order valence-corrected chi connectivity index (χ1v) is 10.2. The quantitative estimate of drug-likeness (QED) is 0.580. The normalized spacial score (nSPS) is 18.0. The molecule has 2 aliphatic heterocycles. The molecule has 4 rings (SSSR count). The molecule has 25 heavy (non-hydrogen) atoms. The summed E-state index contributed by atoms with van der Waals surface area (Å²) in [6.45, 7) is 6.37. The third-order valence-electron chi connectivity index (χ3n) is 5.18. The third-order valence-corrected chi connectivity index (χ3v) is 5.91. The largest absolute Gasteiger partial charge is 0.369 e. The van der Waals surface area contributed by atoms with Crippen LogP contribution in [0.5, 0.6) is 5.75 Å². The Hall–Kier alpha value is -1.56. The molecule has 0 atom stereocenters. The minimum Gasteiger partial charge on any atom is -0.369 e. The number of nitrogens with zero attached hydrogens (tertiary/aromatic N) is 2. The van der Waals surface area contributed by atoms with Gasteiger partial charge in [-0.3, -0.25) is 4.90 Å². The number of thiophene rings is 1. The molecule has 0 saturated carbocycles. The summed E-state index contributed by atoms with van der Waals surface area (Å²) in [4.78, 5) is 15.6. The summed E-state index contributed by atoms with van der Waals surface area (Å²) in [7, 11) is 0. The van der Waals surface area contributed by atoms with Crippen molar-refractivity contribution in [3.8, 4) is 5.75 Å². The number of benzene rings is 1. The van der Waals surface area contributed by atoms with Crippen molar-refractivity contribution < 1.29 is 9.78 Å². The van der Waals surface area contributed by atoms with Crippen molar-refractivity contribution in [1.82, 2.24) is 4.90 Å². The predicted octanol–water partition coefficient (Wildman–Crippen LogP) is 3.76. The fourth-order valence-corrected chi connectivity index (χ4v) is 4.44. The first kappa shape index (κ1) is 16.9. The molecule has 1 fully saturated rings. The number of aryl methyl sites for hydroxylation is 1. The van der Waals surface area contributed by atoms with Crippen molar-refractivity contribution in [2.75, 3.05) is 44.2 Å². The van der Waals surface area contributed by atoms with Gasteiger partial charge in [-0.05, 0) is 60.3 Å². The summed E-state index contributed by atoms with van der Waals surface area (Å²) in [5.41, 5.74) is 4.13. The Balaban J connectivity index is 1.24. The second-order valence-electron chi connectivity index (χ2n) is 6.83. The van der Waals surface area contributed by atoms with Crippen LogP contribution >= 0.6 is 11.3 Å². The second kappa shape index (κ2) is 8.21. The average Bonchev–Trinajstić information content (AvgIpc) is 3.19. The van der Waals surface area contributed by atoms with Crippen LogP contribution in [-0.4, -0.2) is 44.2 Å². The molecule has 3 heterocycles. The van der Waals surface area contributed by atoms with Gasteiger partial charge in [-0.1, -0.05) is 6.07 Å². The Bertz CT molecular complexity index is 666. The minimum absolute atomic E-state index is 0.647. The number of piperazine rings is 1. The molecule has 0 bridgehead atoms. The van der Waals surface area contributed by atoms with Crippen LogP contribution in [0.25, 0.3) is 0 Å². The molecule has 4 nitrogen and oxygen atoms in total. The maximum Gasteiger partial charge on any atom is 0.170 e. The second-order valence-corrected chi connectivity index (χ2v) is 7.61. The molecule has 0 N–H and O–H groups in total. The summed E-state index contributed by atoms with van der Waals surface area (Å²) in [6, 6.07) is 8.55. The van der Waals surface area contributed by atoms with E-state index >= 15 is 0 Å². The lowest BCUT2D eigenvalue weighted by Crippen LogP contribution is -2.47. The number of hydrogen-bond acceptors (Lipinski definition) is 5. The minimum atomic E-state index is 0.647. The van der Waals surface area contributed by atoms with Crippen molar-refractivity contribution in [1.29, 1.82) is 0 Å². The lowest BCUT2D eigenvalue weighted by Gasteiger charge is -2.37. The topological polar surface area (TPSA) is 24.9 Å². The summed E-state index contributed by atoms with van der Waals surface area (Å²) in [5.74, 6) is 0.889. The molecule has 1 aromatic heterocycles. The zero-order chi connectivity index (χ0) is 16.9. The lowest BCUT2D eigenvalue weighted by molar-refractivity contribution is -0.215. The molecule has 5 heteroatoms. The number of rotatable bonds is 6. The van der Waals surface area contributed by atoms with E-state index in [0.717, 1.165) is 38.3 Å². The third kappa shape index (κ3) is 4.17. The SMILES string of the molecule is c1cc2c(c(N3CCN(CCCCc4ccsc4)CC3)c1)CCOO2. The van der Waals surface area contributed by atoms with Crippen LogP contribution in [0.1, 0.15) is 24.0 Å². The summed E-state index contributed by atoms with van der Waals surface area (Å²) in [5, 5.41) is 4.45. The van der Waals surface area contributed by atoms with E-state index in [-0.39, 0.29) is 0 Å². The standard InChI is InChI=1S/C20H26N2O2S/c1(4-17-8-15-25-16-17)2-9-21-10-12-22(13-11-21)19-5-3-6-20-18(19)7-14-23-24-20/h3,5-6,8,15-16H,1-2,4,7,9-14H2. The van der Waals surface area contributed by atoms with E-state index in [1.807, 2.05) is 6.07 Å². The van der Waals surface area contributed by atoms with Gasteiger partial charge < -0.3 is 9.79 Å². The van der Waals surface area contributed by atoms with Crippen LogP contribution in [0, 0.1) is 0 Å². The van der Waals surface area contributed by atoms with E-state index in [2.05, 4.69) is 38.8 Å². The molecule has 0 unspecified atom stereocenters. The lowest BCUT2D eigenvalue weighted by atomic mass is 10.1. The Morgan fingerprint density at radius 3 is 2.80 bits per heavy atom. The van der Waals surface area contributed by atoms with Crippen molar-refractivity contribution in [2.24, 2.45) is 0 Å². The molecular formula is C20H26N2O2S. The van der Waals surface area contributed by atoms with Gasteiger partial charge in [0.05, 0.1) is 6.61 Å². The van der Waals surface area contributed by atoms with Crippen LogP contribution < -0.4 is 9.79 Å². The van der Waals surface area contributed by atoms with Crippen LogP contribution in [-0.2, 0) is 17.7 Å². The van der Waals surface area contributed by atoms with Gasteiger partial charge >= 0.3 is 0 Å². The highest BCUT2D eigenvalue weighted by molar-refractivity contribution is 7.07. The Morgan fingerprint density at radius 1 is 1.04 bits per heavy atom. The first-order valence-electron chi connectivity index (χ1n) is 9.30. The molecule has 2 aliphatic rings. The maximum atomic E-state index is 5.34. The van der Waals surface area contributed by atoms with Gasteiger partial charge in [0, 0.05) is 43.9 Å². The Labute approximate surface area is 153 Å². The van der Waals surface area contributed by atoms with Gasteiger partial charge in [0.2, 0.25) is 0 Å². The van der Waals surface area contributed by atoms with Crippen molar-refractivity contribution in [3.05, 3.63) is 46.2 Å². The highest BCUT2D eigenvalue weighted by Gasteiger charge is 2.22. The first-order chi connectivity index (χ1) is 12.4. The highest BCUT2D eigenvalue weighted by atomic mass is 32.1. The van der Waals surface area contributed by atoms with Crippen LogP contribution in [0.3, 0.4) is 0 Å². The highest BCUT2D eigenvalue weighted by Crippen LogP contribution is 2.33. The van der Waals surface area contributed by atoms with Crippen molar-refractivity contribution >= 4 is 17.0 Å². The molecular weight excluding hydrogens is 332 g/mol. The molecule has 0 amide bonds. The van der Waals surface area contributed by atoms with Gasteiger partial charge in [-0.15, -0.1) is 0 Å². The number of hydrogen-bond donors (Lipinski definition) is 0. The average molecular weight is 359 g/mol. The van der Waals surface area contributed by atoms with Crippen LogP contribution in [0.4, 0.5) is 5.69 Å². The predicted molar refractivity (Wildman–Crippen MR) is 103 cm³/mol. The van der Waals surface area contributed by atoms with E-state index in [1.165, 1.54) is 42.6 Å². The number of unbranched alkanes of at least 4 members (excludes halogenated alkanes) is 1. The van der Waals surface area contributed by atoms with Crippen molar-refractivity contribution in [2.45, 2.75) is 25.7 Å². The number of fused-ring (bicyclic) bond motifs is 1. The molecule has 0 radical (unpaired) electrons. The van der Waals surface area contributed by atoms with E-state index in [1.54, 1.807) is 11.3 Å².